The van der Waals surface area contributed by atoms with Gasteiger partial charge in [-0.25, -0.2) is 4.79 Å². The van der Waals surface area contributed by atoms with Gasteiger partial charge in [0.05, 0.1) is 22.7 Å². The number of ketones is 1. The number of aromatic nitrogens is 1. The third-order valence-corrected chi connectivity index (χ3v) is 4.57. The van der Waals surface area contributed by atoms with Crippen LogP contribution in [0.3, 0.4) is 0 Å². The molecule has 0 saturated carbocycles. The van der Waals surface area contributed by atoms with Crippen molar-refractivity contribution >= 4 is 35.0 Å². The third-order valence-electron chi connectivity index (χ3n) is 3.70. The molecule has 0 atom stereocenters. The number of rotatable bonds is 8. The van der Waals surface area contributed by atoms with Crippen molar-refractivity contribution in [1.29, 1.82) is 0 Å². The molecule has 144 valence electrons. The summed E-state index contributed by atoms with van der Waals surface area (Å²) in [5.41, 5.74) is 1.43. The second kappa shape index (κ2) is 9.13. The summed E-state index contributed by atoms with van der Waals surface area (Å²) < 4.78 is 9.87. The third kappa shape index (κ3) is 5.04. The fourth-order valence-corrected chi connectivity index (χ4v) is 3.09. The zero-order chi connectivity index (χ0) is 20.0. The van der Waals surface area contributed by atoms with E-state index in [9.17, 15) is 19.2 Å². The molecule has 0 radical (unpaired) electrons. The van der Waals surface area contributed by atoms with Crippen LogP contribution >= 0.6 is 11.3 Å². The predicted molar refractivity (Wildman–Crippen MR) is 98.2 cm³/mol. The number of hydrogen-bond acceptors (Lipinski definition) is 7. The van der Waals surface area contributed by atoms with Gasteiger partial charge >= 0.3 is 11.9 Å². The van der Waals surface area contributed by atoms with Crippen LogP contribution < -0.4 is 5.32 Å². The van der Waals surface area contributed by atoms with Crippen molar-refractivity contribution in [2.24, 2.45) is 0 Å². The Morgan fingerprint density at radius 3 is 2.56 bits per heavy atom. The molecule has 2 rings (SSSR count). The highest BCUT2D eigenvalue weighted by atomic mass is 32.1. The van der Waals surface area contributed by atoms with Gasteiger partial charge in [0, 0.05) is 5.69 Å². The molecule has 0 aliphatic heterocycles. The van der Waals surface area contributed by atoms with Gasteiger partial charge in [0.2, 0.25) is 5.78 Å². The van der Waals surface area contributed by atoms with E-state index in [1.54, 1.807) is 38.3 Å². The maximum Gasteiger partial charge on any atom is 0.340 e. The Labute approximate surface area is 159 Å². The molecule has 2 N–H and O–H groups in total. The maximum absolute atomic E-state index is 12.3. The fraction of sp³-hybridized carbons (Fsp3) is 0.333. The van der Waals surface area contributed by atoms with Crippen molar-refractivity contribution in [2.45, 2.75) is 20.8 Å². The highest BCUT2D eigenvalue weighted by Gasteiger charge is 2.23. The van der Waals surface area contributed by atoms with Crippen molar-refractivity contribution in [3.05, 3.63) is 44.9 Å². The molecule has 8 nitrogen and oxygen atoms in total. The molecular weight excluding hydrogens is 372 g/mol. The van der Waals surface area contributed by atoms with Gasteiger partial charge in [-0.3, -0.25) is 14.4 Å². The van der Waals surface area contributed by atoms with E-state index in [0.29, 0.717) is 21.7 Å². The van der Waals surface area contributed by atoms with Crippen LogP contribution in [0.4, 0.5) is 0 Å². The lowest BCUT2D eigenvalue weighted by atomic mass is 10.1. The Bertz CT molecular complexity index is 854. The summed E-state index contributed by atoms with van der Waals surface area (Å²) in [7, 11) is 0. The van der Waals surface area contributed by atoms with Crippen LogP contribution in [-0.2, 0) is 14.3 Å². The number of aryl methyl sites for hydroxylation is 1. The lowest BCUT2D eigenvalue weighted by Crippen LogP contribution is -2.31. The zero-order valence-electron chi connectivity index (χ0n) is 15.2. The molecule has 0 aromatic carbocycles. The minimum absolute atomic E-state index is 0.186. The highest BCUT2D eigenvalue weighted by molar-refractivity contribution is 7.12. The van der Waals surface area contributed by atoms with Crippen molar-refractivity contribution in [3.63, 3.8) is 0 Å². The Morgan fingerprint density at radius 1 is 1.19 bits per heavy atom. The SMILES string of the molecule is CCOC(=O)c1c(C)[nH]c(C(=O)COC(=O)CNC(=O)c2cccs2)c1C. The summed E-state index contributed by atoms with van der Waals surface area (Å²) >= 11 is 1.25. The number of thiophene rings is 1. The number of carbonyl (C=O) groups excluding carboxylic acids is 4. The molecule has 9 heteroatoms. The monoisotopic (exact) mass is 392 g/mol. The number of carbonyl (C=O) groups is 4. The van der Waals surface area contributed by atoms with E-state index in [-0.39, 0.29) is 24.8 Å². The Hall–Kier alpha value is -2.94. The standard InChI is InChI=1S/C18H20N2O6S/c1-4-25-18(24)15-10(2)16(20-11(15)3)12(21)9-26-14(22)8-19-17(23)13-6-5-7-27-13/h5-7,20H,4,8-9H2,1-3H3,(H,19,23). The van der Waals surface area contributed by atoms with Gasteiger partial charge in [0.1, 0.15) is 6.54 Å². The van der Waals surface area contributed by atoms with Crippen LogP contribution in [0.1, 0.15) is 48.7 Å². The Morgan fingerprint density at radius 2 is 1.93 bits per heavy atom. The molecule has 0 spiro atoms. The van der Waals surface area contributed by atoms with Crippen LogP contribution in [0.15, 0.2) is 17.5 Å². The molecule has 2 heterocycles. The molecule has 0 unspecified atom stereocenters. The van der Waals surface area contributed by atoms with Crippen LogP contribution in [0.2, 0.25) is 0 Å². The van der Waals surface area contributed by atoms with E-state index in [1.807, 2.05) is 0 Å². The minimum Gasteiger partial charge on any atom is -0.462 e. The topological polar surface area (TPSA) is 115 Å². The average Bonchev–Trinajstić information content (AvgIpc) is 3.26. The van der Waals surface area contributed by atoms with Crippen molar-refractivity contribution in [1.82, 2.24) is 10.3 Å². The maximum atomic E-state index is 12.3. The number of esters is 2. The molecule has 0 aliphatic carbocycles. The second-order valence-electron chi connectivity index (χ2n) is 5.59. The van der Waals surface area contributed by atoms with Crippen molar-refractivity contribution < 1.29 is 28.7 Å². The average molecular weight is 392 g/mol. The molecule has 27 heavy (non-hydrogen) atoms. The molecule has 2 aromatic heterocycles. The molecule has 0 aliphatic rings. The predicted octanol–water partition coefficient (Wildman–Crippen LogP) is 2.03. The first-order chi connectivity index (χ1) is 12.8. The summed E-state index contributed by atoms with van der Waals surface area (Å²) in [4.78, 5) is 51.0. The van der Waals surface area contributed by atoms with E-state index in [1.165, 1.54) is 11.3 Å². The normalized spacial score (nSPS) is 10.3. The largest absolute Gasteiger partial charge is 0.462 e. The highest BCUT2D eigenvalue weighted by Crippen LogP contribution is 2.19. The summed E-state index contributed by atoms with van der Waals surface area (Å²) in [6, 6.07) is 3.36. The van der Waals surface area contributed by atoms with Crippen LogP contribution in [0, 0.1) is 13.8 Å². The van der Waals surface area contributed by atoms with Gasteiger partial charge < -0.3 is 19.8 Å². The van der Waals surface area contributed by atoms with E-state index >= 15 is 0 Å². The first-order valence-electron chi connectivity index (χ1n) is 8.22. The summed E-state index contributed by atoms with van der Waals surface area (Å²) in [6.45, 7) is 4.34. The smallest absolute Gasteiger partial charge is 0.340 e. The quantitative estimate of drug-likeness (QED) is 0.525. The first kappa shape index (κ1) is 20.4. The Kier molecular flexibility index (Phi) is 6.89. The summed E-state index contributed by atoms with van der Waals surface area (Å²) in [5.74, 6) is -2.12. The van der Waals surface area contributed by atoms with Crippen LogP contribution in [-0.4, -0.2) is 48.4 Å². The lowest BCUT2D eigenvalue weighted by molar-refractivity contribution is -0.141. The molecule has 0 fully saturated rings. The van der Waals surface area contributed by atoms with E-state index in [0.717, 1.165) is 0 Å². The van der Waals surface area contributed by atoms with E-state index in [2.05, 4.69) is 10.3 Å². The summed E-state index contributed by atoms with van der Waals surface area (Å²) in [5, 5.41) is 4.17. The fourth-order valence-electron chi connectivity index (χ4n) is 2.45. The Balaban J connectivity index is 1.90. The van der Waals surface area contributed by atoms with Gasteiger partial charge in [0.15, 0.2) is 6.61 Å². The number of H-pyrrole nitrogens is 1. The van der Waals surface area contributed by atoms with Crippen LogP contribution in [0.25, 0.3) is 0 Å². The van der Waals surface area contributed by atoms with Gasteiger partial charge in [-0.15, -0.1) is 11.3 Å². The van der Waals surface area contributed by atoms with Gasteiger partial charge in [0.25, 0.3) is 5.91 Å². The summed E-state index contributed by atoms with van der Waals surface area (Å²) in [6.07, 6.45) is 0. The second-order valence-corrected chi connectivity index (χ2v) is 6.54. The molecule has 1 amide bonds. The lowest BCUT2D eigenvalue weighted by Gasteiger charge is -2.06. The molecule has 0 bridgehead atoms. The molecule has 2 aromatic rings. The number of aromatic amines is 1. The number of hydrogen-bond donors (Lipinski definition) is 2. The van der Waals surface area contributed by atoms with E-state index in [4.69, 9.17) is 9.47 Å². The number of ether oxygens (including phenoxy) is 2. The van der Waals surface area contributed by atoms with E-state index < -0.39 is 24.3 Å². The number of amides is 1. The first-order valence-corrected chi connectivity index (χ1v) is 9.09. The van der Waals surface area contributed by atoms with Gasteiger partial charge in [-0.1, -0.05) is 6.07 Å². The van der Waals surface area contributed by atoms with Crippen LogP contribution in [0.5, 0.6) is 0 Å². The van der Waals surface area contributed by atoms with Crippen molar-refractivity contribution in [2.75, 3.05) is 19.8 Å². The minimum atomic E-state index is -0.736. The number of nitrogens with one attached hydrogen (secondary N) is 2. The zero-order valence-corrected chi connectivity index (χ0v) is 16.0. The van der Waals surface area contributed by atoms with Gasteiger partial charge in [-0.2, -0.15) is 0 Å². The van der Waals surface area contributed by atoms with Crippen molar-refractivity contribution in [3.8, 4) is 0 Å². The van der Waals surface area contributed by atoms with Gasteiger partial charge in [-0.05, 0) is 37.8 Å². The number of Topliss-reactive ketones (excluding diaryl/α,β-unsaturated/α-hetero) is 1. The molecule has 0 saturated heterocycles. The molecular formula is C18H20N2O6S.